The number of nitriles is 1. The number of nitrogens with zero attached hydrogens (tertiary/aromatic N) is 2. The average molecular weight is 373 g/mol. The minimum atomic E-state index is -3.73. The van der Waals surface area contributed by atoms with Crippen molar-refractivity contribution in [1.82, 2.24) is 9.62 Å². The molecule has 8 heteroatoms. The van der Waals surface area contributed by atoms with Crippen molar-refractivity contribution in [2.45, 2.75) is 30.7 Å². The van der Waals surface area contributed by atoms with E-state index in [1.165, 1.54) is 22.7 Å². The second-order valence-corrected chi connectivity index (χ2v) is 8.10. The summed E-state index contributed by atoms with van der Waals surface area (Å²) in [6.07, 6.45) is 2.46. The molecule has 136 valence electrons. The van der Waals surface area contributed by atoms with Crippen LogP contribution < -0.4 is 5.32 Å². The number of nitrogens with one attached hydrogen (secondary N) is 1. The fraction of sp³-hybridized carbons (Fsp3) is 0.333. The molecule has 7 nitrogen and oxygen atoms in total. The summed E-state index contributed by atoms with van der Waals surface area (Å²) in [5, 5.41) is 12.0. The maximum Gasteiger partial charge on any atom is 0.287 e. The Morgan fingerprint density at radius 3 is 2.58 bits per heavy atom. The molecular weight excluding hydrogens is 354 g/mol. The van der Waals surface area contributed by atoms with Gasteiger partial charge in [-0.05, 0) is 38.0 Å². The highest BCUT2D eigenvalue weighted by Gasteiger charge is 2.31. The number of hydrogen-bond donors (Lipinski definition) is 1. The topological polar surface area (TPSA) is 103 Å². The van der Waals surface area contributed by atoms with Gasteiger partial charge in [0.15, 0.2) is 5.76 Å². The van der Waals surface area contributed by atoms with Gasteiger partial charge in [-0.2, -0.15) is 9.57 Å². The molecule has 2 aromatic rings. The molecule has 1 N–H and O–H groups in total. The Hall–Kier alpha value is -2.63. The number of hydrogen-bond acceptors (Lipinski definition) is 5. The van der Waals surface area contributed by atoms with E-state index in [0.29, 0.717) is 12.8 Å². The summed E-state index contributed by atoms with van der Waals surface area (Å²) in [6.45, 7) is 2.36. The molecule has 1 aliphatic heterocycles. The predicted molar refractivity (Wildman–Crippen MR) is 93.8 cm³/mol. The summed E-state index contributed by atoms with van der Waals surface area (Å²) in [5.41, 5.74) is 0.895. The van der Waals surface area contributed by atoms with Crippen LogP contribution in [0.25, 0.3) is 0 Å². The van der Waals surface area contributed by atoms with Crippen LogP contribution in [0.3, 0.4) is 0 Å². The van der Waals surface area contributed by atoms with Gasteiger partial charge in [0.25, 0.3) is 5.91 Å². The molecule has 1 saturated heterocycles. The zero-order chi connectivity index (χ0) is 18.7. The van der Waals surface area contributed by atoms with Crippen LogP contribution in [0, 0.1) is 18.3 Å². The summed E-state index contributed by atoms with van der Waals surface area (Å²) in [7, 11) is -3.73. The van der Waals surface area contributed by atoms with Gasteiger partial charge in [-0.25, -0.2) is 8.42 Å². The van der Waals surface area contributed by atoms with E-state index in [4.69, 9.17) is 9.68 Å². The van der Waals surface area contributed by atoms with Crippen molar-refractivity contribution < 1.29 is 17.6 Å². The maximum absolute atomic E-state index is 12.8. The first-order chi connectivity index (χ1) is 12.4. The largest absolute Gasteiger partial charge is 0.459 e. The summed E-state index contributed by atoms with van der Waals surface area (Å²) in [6, 6.07) is 9.70. The van der Waals surface area contributed by atoms with Crippen LogP contribution in [0.2, 0.25) is 0 Å². The summed E-state index contributed by atoms with van der Waals surface area (Å²) < 4.78 is 32.1. The van der Waals surface area contributed by atoms with Crippen molar-refractivity contribution in [2.24, 2.45) is 0 Å². The Morgan fingerprint density at radius 1 is 1.27 bits per heavy atom. The van der Waals surface area contributed by atoms with Gasteiger partial charge >= 0.3 is 0 Å². The van der Waals surface area contributed by atoms with Gasteiger partial charge in [0.2, 0.25) is 10.0 Å². The minimum Gasteiger partial charge on any atom is -0.459 e. The molecule has 1 aliphatic rings. The molecule has 0 atom stereocenters. The van der Waals surface area contributed by atoms with Gasteiger partial charge in [-0.3, -0.25) is 4.79 Å². The maximum atomic E-state index is 12.8. The standard InChI is InChI=1S/C18H19N3O4S/c1-13-8-11-25-17(13)18(22)20-15-6-9-21(10-7-15)26(23,24)16-5-3-2-4-14(16)12-19/h2-5,8,11,15H,6-7,9-10H2,1H3,(H,20,22). The van der Waals surface area contributed by atoms with E-state index in [1.807, 2.05) is 6.07 Å². The lowest BCUT2D eigenvalue weighted by atomic mass is 10.1. The number of piperidine rings is 1. The fourth-order valence-corrected chi connectivity index (χ4v) is 4.63. The summed E-state index contributed by atoms with van der Waals surface area (Å²) in [5.74, 6) is -0.00775. The summed E-state index contributed by atoms with van der Waals surface area (Å²) >= 11 is 0. The quantitative estimate of drug-likeness (QED) is 0.883. The second-order valence-electron chi connectivity index (χ2n) is 6.19. The van der Waals surface area contributed by atoms with E-state index in [2.05, 4.69) is 5.32 Å². The zero-order valence-corrected chi connectivity index (χ0v) is 15.1. The van der Waals surface area contributed by atoms with E-state index in [9.17, 15) is 13.2 Å². The van der Waals surface area contributed by atoms with Crippen molar-refractivity contribution in [1.29, 1.82) is 5.26 Å². The Kier molecular flexibility index (Phi) is 5.11. The Labute approximate surface area is 152 Å². The first kappa shape index (κ1) is 18.2. The lowest BCUT2D eigenvalue weighted by molar-refractivity contribution is 0.0895. The third-order valence-electron chi connectivity index (χ3n) is 4.48. The number of furan rings is 1. The van der Waals surface area contributed by atoms with E-state index < -0.39 is 10.0 Å². The van der Waals surface area contributed by atoms with Gasteiger partial charge in [0.1, 0.15) is 6.07 Å². The van der Waals surface area contributed by atoms with Crippen molar-refractivity contribution in [3.05, 3.63) is 53.5 Å². The molecule has 1 amide bonds. The van der Waals surface area contributed by atoms with Crippen LogP contribution >= 0.6 is 0 Å². The van der Waals surface area contributed by atoms with Crippen molar-refractivity contribution in [3.8, 4) is 6.07 Å². The number of carbonyl (C=O) groups excluding carboxylic acids is 1. The molecule has 2 heterocycles. The van der Waals surface area contributed by atoms with Crippen LogP contribution in [0.4, 0.5) is 0 Å². The monoisotopic (exact) mass is 373 g/mol. The predicted octanol–water partition coefficient (Wildman–Crippen LogP) is 2.04. The van der Waals surface area contributed by atoms with Gasteiger partial charge in [-0.1, -0.05) is 12.1 Å². The van der Waals surface area contributed by atoms with Crippen LogP contribution in [-0.4, -0.2) is 37.8 Å². The lowest BCUT2D eigenvalue weighted by Crippen LogP contribution is -2.46. The van der Waals surface area contributed by atoms with Crippen molar-refractivity contribution >= 4 is 15.9 Å². The van der Waals surface area contributed by atoms with Gasteiger partial charge < -0.3 is 9.73 Å². The first-order valence-corrected chi connectivity index (χ1v) is 9.71. The third-order valence-corrected chi connectivity index (χ3v) is 6.44. The number of benzene rings is 1. The lowest BCUT2D eigenvalue weighted by Gasteiger charge is -2.31. The molecule has 0 bridgehead atoms. The molecule has 3 rings (SSSR count). The highest BCUT2D eigenvalue weighted by molar-refractivity contribution is 7.89. The van der Waals surface area contributed by atoms with Crippen LogP contribution in [0.15, 0.2) is 45.9 Å². The molecule has 0 spiro atoms. The molecule has 1 aromatic heterocycles. The first-order valence-electron chi connectivity index (χ1n) is 8.27. The van der Waals surface area contributed by atoms with Crippen LogP contribution in [-0.2, 0) is 10.0 Å². The number of carbonyl (C=O) groups is 1. The van der Waals surface area contributed by atoms with E-state index in [-0.39, 0.29) is 41.3 Å². The fourth-order valence-electron chi connectivity index (χ4n) is 3.02. The van der Waals surface area contributed by atoms with E-state index in [0.717, 1.165) is 5.56 Å². The second kappa shape index (κ2) is 7.32. The molecule has 0 radical (unpaired) electrons. The SMILES string of the molecule is Cc1ccoc1C(=O)NC1CCN(S(=O)(=O)c2ccccc2C#N)CC1. The highest BCUT2D eigenvalue weighted by atomic mass is 32.2. The van der Waals surface area contributed by atoms with Crippen LogP contribution in [0.1, 0.15) is 34.5 Å². The molecular formula is C18H19N3O4S. The van der Waals surface area contributed by atoms with Gasteiger partial charge in [0.05, 0.1) is 16.7 Å². The highest BCUT2D eigenvalue weighted by Crippen LogP contribution is 2.23. The number of aryl methyl sites for hydroxylation is 1. The Bertz CT molecular complexity index is 951. The van der Waals surface area contributed by atoms with E-state index >= 15 is 0 Å². The van der Waals surface area contributed by atoms with Gasteiger partial charge in [-0.15, -0.1) is 0 Å². The number of sulfonamides is 1. The van der Waals surface area contributed by atoms with Gasteiger partial charge in [0, 0.05) is 24.7 Å². The normalized spacial score (nSPS) is 16.2. The molecule has 1 fully saturated rings. The van der Waals surface area contributed by atoms with E-state index in [1.54, 1.807) is 25.1 Å². The summed E-state index contributed by atoms with van der Waals surface area (Å²) in [4.78, 5) is 12.2. The van der Waals surface area contributed by atoms with Crippen molar-refractivity contribution in [3.63, 3.8) is 0 Å². The zero-order valence-electron chi connectivity index (χ0n) is 14.3. The minimum absolute atomic E-state index is 0.0243. The molecule has 26 heavy (non-hydrogen) atoms. The third kappa shape index (κ3) is 3.49. The van der Waals surface area contributed by atoms with Crippen molar-refractivity contribution in [2.75, 3.05) is 13.1 Å². The molecule has 0 unspecified atom stereocenters. The molecule has 1 aromatic carbocycles. The number of rotatable bonds is 4. The molecule has 0 aliphatic carbocycles. The number of amides is 1. The van der Waals surface area contributed by atoms with Crippen LogP contribution in [0.5, 0.6) is 0 Å². The Morgan fingerprint density at radius 2 is 1.96 bits per heavy atom. The Balaban J connectivity index is 1.66. The molecule has 0 saturated carbocycles. The average Bonchev–Trinajstić information content (AvgIpc) is 3.08. The smallest absolute Gasteiger partial charge is 0.287 e.